The Bertz CT molecular complexity index is 206. The van der Waals surface area contributed by atoms with Crippen molar-refractivity contribution in [2.45, 2.75) is 26.2 Å². The lowest BCUT2D eigenvalue weighted by molar-refractivity contribution is -0.126. The summed E-state index contributed by atoms with van der Waals surface area (Å²) in [5.74, 6) is 0.386. The van der Waals surface area contributed by atoms with Gasteiger partial charge in [-0.25, -0.2) is 0 Å². The van der Waals surface area contributed by atoms with Gasteiger partial charge < -0.3 is 5.32 Å². The van der Waals surface area contributed by atoms with Crippen molar-refractivity contribution < 1.29 is 9.59 Å². The Morgan fingerprint density at radius 3 is 2.64 bits per heavy atom. The van der Waals surface area contributed by atoms with Gasteiger partial charge >= 0.3 is 0 Å². The van der Waals surface area contributed by atoms with Gasteiger partial charge in [-0.3, -0.25) is 14.5 Å². The van der Waals surface area contributed by atoms with E-state index in [1.54, 1.807) is 0 Å². The van der Waals surface area contributed by atoms with Gasteiger partial charge in [-0.1, -0.05) is 6.92 Å². The number of nitrogens with one attached hydrogen (secondary N) is 1. The molecule has 0 spiro atoms. The number of piperidine rings is 1. The second-order valence-electron chi connectivity index (χ2n) is 3.66. The predicted octanol–water partition coefficient (Wildman–Crippen LogP) is 0.178. The first-order valence-corrected chi connectivity index (χ1v) is 5.23. The van der Waals surface area contributed by atoms with Crippen molar-refractivity contribution in [3.05, 3.63) is 0 Å². The first-order chi connectivity index (χ1) is 6.72. The van der Waals surface area contributed by atoms with Gasteiger partial charge in [0.2, 0.25) is 5.91 Å². The van der Waals surface area contributed by atoms with E-state index in [9.17, 15) is 9.59 Å². The Morgan fingerprint density at radius 1 is 1.43 bits per heavy atom. The number of amides is 1. The molecule has 1 rings (SSSR count). The van der Waals surface area contributed by atoms with E-state index >= 15 is 0 Å². The van der Waals surface area contributed by atoms with Crippen molar-refractivity contribution in [3.63, 3.8) is 0 Å². The zero-order chi connectivity index (χ0) is 10.4. The highest BCUT2D eigenvalue weighted by molar-refractivity contribution is 5.81. The van der Waals surface area contributed by atoms with E-state index in [4.69, 9.17) is 0 Å². The Balaban J connectivity index is 2.17. The Labute approximate surface area is 84.7 Å². The van der Waals surface area contributed by atoms with E-state index in [-0.39, 0.29) is 5.91 Å². The van der Waals surface area contributed by atoms with Gasteiger partial charge in [-0.15, -0.1) is 0 Å². The fourth-order valence-electron chi connectivity index (χ4n) is 1.48. The summed E-state index contributed by atoms with van der Waals surface area (Å²) in [6, 6.07) is 0. The topological polar surface area (TPSA) is 49.4 Å². The van der Waals surface area contributed by atoms with Crippen molar-refractivity contribution in [3.8, 4) is 0 Å². The lowest BCUT2D eigenvalue weighted by Gasteiger charge is -2.24. The molecule has 0 bridgehead atoms. The minimum absolute atomic E-state index is 0.0706. The molecule has 1 saturated heterocycles. The number of hydrogen-bond donors (Lipinski definition) is 1. The van der Waals surface area contributed by atoms with Crippen LogP contribution in [0.15, 0.2) is 0 Å². The van der Waals surface area contributed by atoms with Crippen LogP contribution in [0.25, 0.3) is 0 Å². The molecule has 0 radical (unpaired) electrons. The predicted molar refractivity (Wildman–Crippen MR) is 54.0 cm³/mol. The molecule has 1 heterocycles. The fourth-order valence-corrected chi connectivity index (χ4v) is 1.48. The van der Waals surface area contributed by atoms with Crippen molar-refractivity contribution in [1.82, 2.24) is 10.2 Å². The molecule has 0 aromatic carbocycles. The van der Waals surface area contributed by atoms with Crippen molar-refractivity contribution in [1.29, 1.82) is 0 Å². The maximum atomic E-state index is 11.3. The number of hydrogen-bond acceptors (Lipinski definition) is 3. The van der Waals surface area contributed by atoms with Gasteiger partial charge in [0.25, 0.3) is 0 Å². The van der Waals surface area contributed by atoms with E-state index in [2.05, 4.69) is 5.32 Å². The van der Waals surface area contributed by atoms with E-state index < -0.39 is 0 Å². The maximum absolute atomic E-state index is 11.3. The summed E-state index contributed by atoms with van der Waals surface area (Å²) >= 11 is 0. The zero-order valence-electron chi connectivity index (χ0n) is 8.71. The van der Waals surface area contributed by atoms with Crippen LogP contribution >= 0.6 is 0 Å². The van der Waals surface area contributed by atoms with Crippen molar-refractivity contribution >= 4 is 11.7 Å². The third kappa shape index (κ3) is 3.87. The van der Waals surface area contributed by atoms with Crippen LogP contribution in [0.3, 0.4) is 0 Å². The molecular formula is C10H18N2O2. The molecule has 4 nitrogen and oxygen atoms in total. The lowest BCUT2D eigenvalue weighted by atomic mass is 10.1. The highest BCUT2D eigenvalue weighted by Crippen LogP contribution is 2.04. The molecule has 1 aliphatic rings. The minimum atomic E-state index is 0.0706. The quantitative estimate of drug-likeness (QED) is 0.701. The first kappa shape index (κ1) is 11.2. The van der Waals surface area contributed by atoms with Crippen molar-refractivity contribution in [2.24, 2.45) is 0 Å². The first-order valence-electron chi connectivity index (χ1n) is 5.23. The van der Waals surface area contributed by atoms with Gasteiger partial charge in [-0.05, 0) is 6.42 Å². The summed E-state index contributed by atoms with van der Waals surface area (Å²) in [5, 5.41) is 2.83. The summed E-state index contributed by atoms with van der Waals surface area (Å²) < 4.78 is 0. The highest BCUT2D eigenvalue weighted by atomic mass is 16.2. The van der Waals surface area contributed by atoms with Crippen LogP contribution < -0.4 is 5.32 Å². The summed E-state index contributed by atoms with van der Waals surface area (Å²) in [6.07, 6.45) is 2.16. The Morgan fingerprint density at radius 2 is 2.07 bits per heavy atom. The molecule has 0 aromatic rings. The smallest absolute Gasteiger partial charge is 0.234 e. The second kappa shape index (κ2) is 5.75. The summed E-state index contributed by atoms with van der Waals surface area (Å²) in [5.41, 5.74) is 0. The normalized spacial score (nSPS) is 18.2. The van der Waals surface area contributed by atoms with E-state index in [1.807, 2.05) is 11.8 Å². The van der Waals surface area contributed by atoms with Crippen LogP contribution in [-0.2, 0) is 9.59 Å². The Hall–Kier alpha value is -0.900. The summed E-state index contributed by atoms with van der Waals surface area (Å²) in [6.45, 7) is 4.68. The molecule has 1 amide bonds. The minimum Gasteiger partial charge on any atom is -0.355 e. The molecule has 0 unspecified atom stereocenters. The van der Waals surface area contributed by atoms with E-state index in [1.165, 1.54) is 0 Å². The van der Waals surface area contributed by atoms with Crippen LogP contribution in [-0.4, -0.2) is 42.8 Å². The molecule has 1 N–H and O–H groups in total. The highest BCUT2D eigenvalue weighted by Gasteiger charge is 2.17. The molecule has 80 valence electrons. The summed E-state index contributed by atoms with van der Waals surface area (Å²) in [7, 11) is 0. The third-order valence-electron chi connectivity index (χ3n) is 2.35. The molecule has 1 aliphatic heterocycles. The van der Waals surface area contributed by atoms with E-state index in [0.29, 0.717) is 25.2 Å². The second-order valence-corrected chi connectivity index (χ2v) is 3.66. The standard InChI is InChI=1S/C10H18N2O2/c1-2-5-11-10(14)8-12-6-3-9(13)4-7-12/h2-8H2,1H3,(H,11,14). The van der Waals surface area contributed by atoms with Gasteiger partial charge in [0.15, 0.2) is 0 Å². The van der Waals surface area contributed by atoms with Crippen LogP contribution in [0.2, 0.25) is 0 Å². The molecule has 0 saturated carbocycles. The molecule has 0 aromatic heterocycles. The number of carbonyl (C=O) groups excluding carboxylic acids is 2. The average molecular weight is 198 g/mol. The monoisotopic (exact) mass is 198 g/mol. The largest absolute Gasteiger partial charge is 0.355 e. The molecule has 4 heteroatoms. The molecular weight excluding hydrogens is 180 g/mol. The number of nitrogens with zero attached hydrogens (tertiary/aromatic N) is 1. The Kier molecular flexibility index (Phi) is 4.59. The maximum Gasteiger partial charge on any atom is 0.234 e. The van der Waals surface area contributed by atoms with Crippen LogP contribution in [0, 0.1) is 0 Å². The number of carbonyl (C=O) groups is 2. The third-order valence-corrected chi connectivity index (χ3v) is 2.35. The van der Waals surface area contributed by atoms with Gasteiger partial charge in [0.1, 0.15) is 5.78 Å². The zero-order valence-corrected chi connectivity index (χ0v) is 8.71. The van der Waals surface area contributed by atoms with Gasteiger partial charge in [0.05, 0.1) is 6.54 Å². The van der Waals surface area contributed by atoms with Crippen molar-refractivity contribution in [2.75, 3.05) is 26.2 Å². The average Bonchev–Trinajstić information content (AvgIpc) is 2.18. The van der Waals surface area contributed by atoms with Crippen LogP contribution in [0.5, 0.6) is 0 Å². The van der Waals surface area contributed by atoms with E-state index in [0.717, 1.165) is 26.1 Å². The molecule has 1 fully saturated rings. The van der Waals surface area contributed by atoms with Crippen LogP contribution in [0.4, 0.5) is 0 Å². The molecule has 0 atom stereocenters. The number of rotatable bonds is 4. The molecule has 14 heavy (non-hydrogen) atoms. The van der Waals surface area contributed by atoms with Crippen LogP contribution in [0.1, 0.15) is 26.2 Å². The number of Topliss-reactive ketones (excluding diaryl/α,β-unsaturated/α-hetero) is 1. The number of ketones is 1. The van der Waals surface area contributed by atoms with Gasteiger partial charge in [-0.2, -0.15) is 0 Å². The SMILES string of the molecule is CCCNC(=O)CN1CCC(=O)CC1. The summed E-state index contributed by atoms with van der Waals surface area (Å²) in [4.78, 5) is 24.3. The fraction of sp³-hybridized carbons (Fsp3) is 0.800. The lowest BCUT2D eigenvalue weighted by Crippen LogP contribution is -2.41. The molecule has 0 aliphatic carbocycles. The number of likely N-dealkylation sites (tertiary alicyclic amines) is 1. The van der Waals surface area contributed by atoms with Gasteiger partial charge in [0, 0.05) is 32.5 Å².